The molecule has 0 N–H and O–H groups in total. The van der Waals surface area contributed by atoms with Crippen molar-refractivity contribution in [1.82, 2.24) is 29.0 Å². The number of benzene rings is 1. The van der Waals surface area contributed by atoms with Gasteiger partial charge in [0.05, 0.1) is 5.52 Å². The predicted octanol–water partition coefficient (Wildman–Crippen LogP) is 3.57. The van der Waals surface area contributed by atoms with Crippen molar-refractivity contribution in [2.45, 2.75) is 52.1 Å². The van der Waals surface area contributed by atoms with Gasteiger partial charge in [-0.25, -0.2) is 0 Å². The molecule has 8 nitrogen and oxygen atoms in total. The summed E-state index contributed by atoms with van der Waals surface area (Å²) in [4.78, 5) is 30.4. The van der Waals surface area contributed by atoms with Crippen LogP contribution in [0.15, 0.2) is 46.6 Å². The first-order valence-electron chi connectivity index (χ1n) is 12.5. The zero-order valence-electron chi connectivity index (χ0n) is 20.2. The Morgan fingerprint density at radius 3 is 2.60 bits per heavy atom. The summed E-state index contributed by atoms with van der Waals surface area (Å²) in [6.45, 7) is 6.97. The van der Waals surface area contributed by atoms with E-state index in [-0.39, 0.29) is 11.5 Å². The standard InChI is InChI=1S/C26H32N6O2S/c1-2-3-7-13-31-25(34)24-21(12-18-35-24)32-22(27-28-26(31)32)10-11-23(33)30-16-14-29(15-17-30)19-20-8-5-4-6-9-20/h4-6,8-9,12,18H,2-3,7,10-11,13-17,19H2,1H3. The van der Waals surface area contributed by atoms with E-state index in [4.69, 9.17) is 0 Å². The molecule has 1 saturated heterocycles. The molecule has 5 rings (SSSR count). The van der Waals surface area contributed by atoms with Gasteiger partial charge in [-0.15, -0.1) is 21.5 Å². The molecule has 1 fully saturated rings. The van der Waals surface area contributed by atoms with Crippen LogP contribution in [0, 0.1) is 0 Å². The van der Waals surface area contributed by atoms with E-state index >= 15 is 0 Å². The molecule has 35 heavy (non-hydrogen) atoms. The normalized spacial score (nSPS) is 14.8. The molecule has 0 unspecified atom stereocenters. The number of unbranched alkanes of at least 4 members (excludes halogenated alkanes) is 2. The van der Waals surface area contributed by atoms with Gasteiger partial charge in [-0.2, -0.15) is 0 Å². The molecule has 4 heterocycles. The quantitative estimate of drug-likeness (QED) is 0.334. The molecular weight excluding hydrogens is 460 g/mol. The van der Waals surface area contributed by atoms with E-state index in [1.54, 1.807) is 4.57 Å². The fourth-order valence-electron chi connectivity index (χ4n) is 4.84. The van der Waals surface area contributed by atoms with Crippen molar-refractivity contribution in [3.8, 4) is 0 Å². The summed E-state index contributed by atoms with van der Waals surface area (Å²) >= 11 is 1.45. The van der Waals surface area contributed by atoms with Crippen molar-refractivity contribution < 1.29 is 4.79 Å². The topological polar surface area (TPSA) is 75.7 Å². The van der Waals surface area contributed by atoms with E-state index in [9.17, 15) is 9.59 Å². The maximum absolute atomic E-state index is 13.0. The first-order valence-corrected chi connectivity index (χ1v) is 13.4. The van der Waals surface area contributed by atoms with E-state index in [0.717, 1.165) is 68.0 Å². The van der Waals surface area contributed by atoms with Gasteiger partial charge in [-0.1, -0.05) is 50.1 Å². The summed E-state index contributed by atoms with van der Waals surface area (Å²) in [6, 6.07) is 12.4. The van der Waals surface area contributed by atoms with Crippen LogP contribution < -0.4 is 5.56 Å². The van der Waals surface area contributed by atoms with Gasteiger partial charge in [-0.3, -0.25) is 23.5 Å². The Bertz CT molecular complexity index is 1350. The lowest BCUT2D eigenvalue weighted by Crippen LogP contribution is -2.48. The van der Waals surface area contributed by atoms with Gasteiger partial charge in [-0.05, 0) is 23.4 Å². The van der Waals surface area contributed by atoms with E-state index in [0.29, 0.717) is 25.2 Å². The maximum Gasteiger partial charge on any atom is 0.272 e. The predicted molar refractivity (Wildman–Crippen MR) is 139 cm³/mol. The van der Waals surface area contributed by atoms with Crippen LogP contribution in [0.4, 0.5) is 0 Å². The second-order valence-corrected chi connectivity index (χ2v) is 10.1. The largest absolute Gasteiger partial charge is 0.340 e. The molecule has 184 valence electrons. The van der Waals surface area contributed by atoms with Crippen LogP contribution in [0.25, 0.3) is 16.0 Å². The van der Waals surface area contributed by atoms with Gasteiger partial charge in [0.25, 0.3) is 5.56 Å². The summed E-state index contributed by atoms with van der Waals surface area (Å²) in [6.07, 6.45) is 3.98. The summed E-state index contributed by atoms with van der Waals surface area (Å²) in [7, 11) is 0. The van der Waals surface area contributed by atoms with Gasteiger partial charge >= 0.3 is 0 Å². The van der Waals surface area contributed by atoms with Crippen LogP contribution in [0.5, 0.6) is 0 Å². The Kier molecular flexibility index (Phi) is 7.24. The lowest BCUT2D eigenvalue weighted by atomic mass is 10.2. The number of aryl methyl sites for hydroxylation is 2. The minimum atomic E-state index is 0.00185. The average Bonchev–Trinajstić information content (AvgIpc) is 3.53. The molecule has 0 radical (unpaired) electrons. The highest BCUT2D eigenvalue weighted by atomic mass is 32.1. The highest BCUT2D eigenvalue weighted by Gasteiger charge is 2.23. The van der Waals surface area contributed by atoms with E-state index in [2.05, 4.69) is 46.3 Å². The number of rotatable bonds is 9. The number of aromatic nitrogens is 4. The lowest BCUT2D eigenvalue weighted by molar-refractivity contribution is -0.133. The SMILES string of the molecule is CCCCCn1c(=O)c2sccc2n2c(CCC(=O)N3CCN(Cc4ccccc4)CC3)nnc12. The van der Waals surface area contributed by atoms with E-state index in [1.807, 2.05) is 26.8 Å². The molecule has 1 aliphatic heterocycles. The van der Waals surface area contributed by atoms with Crippen molar-refractivity contribution >= 4 is 33.2 Å². The number of carbonyl (C=O) groups excluding carboxylic acids is 1. The summed E-state index contributed by atoms with van der Waals surface area (Å²) in [5.41, 5.74) is 2.14. The van der Waals surface area contributed by atoms with Gasteiger partial charge in [0.15, 0.2) is 0 Å². The maximum atomic E-state index is 13.0. The van der Waals surface area contributed by atoms with Crippen molar-refractivity contribution in [1.29, 1.82) is 0 Å². The fourth-order valence-corrected chi connectivity index (χ4v) is 5.66. The number of hydrogen-bond acceptors (Lipinski definition) is 6. The van der Waals surface area contributed by atoms with Gasteiger partial charge in [0, 0.05) is 52.1 Å². The summed E-state index contributed by atoms with van der Waals surface area (Å²) < 4.78 is 4.44. The molecule has 0 atom stereocenters. The number of nitrogens with zero attached hydrogens (tertiary/aromatic N) is 6. The first kappa shape index (κ1) is 23.7. The van der Waals surface area contributed by atoms with Crippen LogP contribution in [0.1, 0.15) is 44.0 Å². The molecule has 0 saturated carbocycles. The monoisotopic (exact) mass is 492 g/mol. The van der Waals surface area contributed by atoms with Gasteiger partial charge in [0.2, 0.25) is 11.7 Å². The number of thiophene rings is 1. The molecule has 1 amide bonds. The molecule has 3 aromatic heterocycles. The zero-order valence-corrected chi connectivity index (χ0v) is 21.0. The van der Waals surface area contributed by atoms with Crippen molar-refractivity contribution in [3.63, 3.8) is 0 Å². The Balaban J connectivity index is 1.26. The van der Waals surface area contributed by atoms with Crippen LogP contribution in [0.2, 0.25) is 0 Å². The minimum Gasteiger partial charge on any atom is -0.340 e. The molecule has 4 aromatic rings. The Hall–Kier alpha value is -3.04. The zero-order chi connectivity index (χ0) is 24.2. The van der Waals surface area contributed by atoms with Gasteiger partial charge < -0.3 is 4.90 Å². The van der Waals surface area contributed by atoms with Crippen LogP contribution in [-0.2, 0) is 24.3 Å². The highest BCUT2D eigenvalue weighted by Crippen LogP contribution is 2.21. The van der Waals surface area contributed by atoms with E-state index < -0.39 is 0 Å². The van der Waals surface area contributed by atoms with Crippen molar-refractivity contribution in [2.75, 3.05) is 26.2 Å². The number of hydrogen-bond donors (Lipinski definition) is 0. The third-order valence-corrected chi connectivity index (χ3v) is 7.69. The second kappa shape index (κ2) is 10.7. The summed E-state index contributed by atoms with van der Waals surface area (Å²) in [5.74, 6) is 1.47. The first-order chi connectivity index (χ1) is 17.2. The molecule has 1 aromatic carbocycles. The number of carbonyl (C=O) groups is 1. The third-order valence-electron chi connectivity index (χ3n) is 6.80. The highest BCUT2D eigenvalue weighted by molar-refractivity contribution is 7.17. The summed E-state index contributed by atoms with van der Waals surface area (Å²) in [5, 5.41) is 10.7. The molecular formula is C26H32N6O2S. The van der Waals surface area contributed by atoms with Crippen LogP contribution in [0.3, 0.4) is 0 Å². The molecule has 0 spiro atoms. The minimum absolute atomic E-state index is 0.00185. The lowest BCUT2D eigenvalue weighted by Gasteiger charge is -2.34. The molecule has 9 heteroatoms. The number of amides is 1. The van der Waals surface area contributed by atoms with Gasteiger partial charge in [0.1, 0.15) is 10.5 Å². The molecule has 0 aliphatic carbocycles. The number of piperazine rings is 1. The second-order valence-electron chi connectivity index (χ2n) is 9.19. The average molecular weight is 493 g/mol. The van der Waals surface area contributed by atoms with E-state index in [1.165, 1.54) is 16.9 Å². The van der Waals surface area contributed by atoms with Crippen molar-refractivity contribution in [3.05, 3.63) is 63.5 Å². The van der Waals surface area contributed by atoms with Crippen LogP contribution >= 0.6 is 11.3 Å². The Morgan fingerprint density at radius 1 is 1.03 bits per heavy atom. The Labute approximate surface area is 208 Å². The number of fused-ring (bicyclic) bond motifs is 3. The van der Waals surface area contributed by atoms with Crippen LogP contribution in [-0.4, -0.2) is 61.1 Å². The smallest absolute Gasteiger partial charge is 0.272 e. The Morgan fingerprint density at radius 2 is 1.83 bits per heavy atom. The fraction of sp³-hybridized carbons (Fsp3) is 0.462. The third kappa shape index (κ3) is 5.01. The molecule has 1 aliphatic rings. The molecule has 0 bridgehead atoms. The van der Waals surface area contributed by atoms with Crippen molar-refractivity contribution in [2.24, 2.45) is 0 Å².